The molecule has 1 unspecified atom stereocenters. The Morgan fingerprint density at radius 2 is 2.29 bits per heavy atom. The molecule has 0 spiro atoms. The highest BCUT2D eigenvalue weighted by molar-refractivity contribution is 6.07. The molecule has 0 radical (unpaired) electrons. The van der Waals surface area contributed by atoms with Gasteiger partial charge in [0.25, 0.3) is 5.91 Å². The Hall–Kier alpha value is -2.17. The molecule has 0 aromatic heterocycles. The number of aliphatic carboxylic acids is 1. The highest BCUT2D eigenvalue weighted by Gasteiger charge is 2.25. The maximum atomic E-state index is 11.7. The molecule has 1 N–H and O–H groups in total. The van der Waals surface area contributed by atoms with Crippen LogP contribution in [0, 0.1) is 5.92 Å². The predicted octanol–water partition coefficient (Wildman–Crippen LogP) is 1.28. The first-order chi connectivity index (χ1) is 8.08. The SMILES string of the molecule is CC1C=NN(c2cccc(CC(=O)O)c2)C1=O. The third-order valence-corrected chi connectivity index (χ3v) is 2.51. The zero-order valence-electron chi connectivity index (χ0n) is 9.33. The van der Waals surface area contributed by atoms with Crippen molar-refractivity contribution in [3.8, 4) is 0 Å². The van der Waals surface area contributed by atoms with Gasteiger partial charge in [0, 0.05) is 6.21 Å². The minimum atomic E-state index is -0.897. The maximum absolute atomic E-state index is 11.7. The van der Waals surface area contributed by atoms with E-state index in [1.165, 1.54) is 5.01 Å². The van der Waals surface area contributed by atoms with E-state index in [4.69, 9.17) is 5.11 Å². The van der Waals surface area contributed by atoms with Crippen LogP contribution < -0.4 is 5.01 Å². The van der Waals surface area contributed by atoms with Crippen molar-refractivity contribution in [2.75, 3.05) is 5.01 Å². The Morgan fingerprint density at radius 1 is 1.53 bits per heavy atom. The van der Waals surface area contributed by atoms with E-state index >= 15 is 0 Å². The van der Waals surface area contributed by atoms with Crippen LogP contribution >= 0.6 is 0 Å². The predicted molar refractivity (Wildman–Crippen MR) is 62.9 cm³/mol. The Labute approximate surface area is 98.4 Å². The van der Waals surface area contributed by atoms with Crippen LogP contribution in [0.25, 0.3) is 0 Å². The second kappa shape index (κ2) is 4.37. The molecule has 0 aliphatic carbocycles. The second-order valence-electron chi connectivity index (χ2n) is 3.94. The molecule has 88 valence electrons. The first-order valence-electron chi connectivity index (χ1n) is 5.27. The van der Waals surface area contributed by atoms with Crippen molar-refractivity contribution in [2.24, 2.45) is 11.0 Å². The summed E-state index contributed by atoms with van der Waals surface area (Å²) in [5.74, 6) is -1.22. The van der Waals surface area contributed by atoms with Crippen molar-refractivity contribution in [3.05, 3.63) is 29.8 Å². The lowest BCUT2D eigenvalue weighted by Gasteiger charge is -2.13. The summed E-state index contributed by atoms with van der Waals surface area (Å²) in [5.41, 5.74) is 1.26. The third kappa shape index (κ3) is 2.33. The number of hydrogen-bond donors (Lipinski definition) is 1. The van der Waals surface area contributed by atoms with Crippen LogP contribution in [0.1, 0.15) is 12.5 Å². The molecule has 1 aromatic rings. The smallest absolute Gasteiger partial charge is 0.307 e. The van der Waals surface area contributed by atoms with Crippen LogP contribution in [0.2, 0.25) is 0 Å². The van der Waals surface area contributed by atoms with Crippen LogP contribution in [0.4, 0.5) is 5.69 Å². The highest BCUT2D eigenvalue weighted by Crippen LogP contribution is 2.22. The zero-order valence-corrected chi connectivity index (χ0v) is 9.33. The summed E-state index contributed by atoms with van der Waals surface area (Å²) >= 11 is 0. The lowest BCUT2D eigenvalue weighted by Crippen LogP contribution is -2.24. The van der Waals surface area contributed by atoms with Crippen LogP contribution in [0.5, 0.6) is 0 Å². The molecule has 1 heterocycles. The first-order valence-corrected chi connectivity index (χ1v) is 5.27. The number of anilines is 1. The number of carboxylic acid groups (broad SMARTS) is 1. The van der Waals surface area contributed by atoms with Crippen LogP contribution in [-0.2, 0) is 16.0 Å². The minimum absolute atomic E-state index is 0.0604. The molecule has 0 saturated heterocycles. The van der Waals surface area contributed by atoms with Gasteiger partial charge in [-0.15, -0.1) is 0 Å². The number of carbonyl (C=O) groups excluding carboxylic acids is 1. The minimum Gasteiger partial charge on any atom is -0.481 e. The lowest BCUT2D eigenvalue weighted by molar-refractivity contribution is -0.136. The average Bonchev–Trinajstić information content (AvgIpc) is 2.59. The fourth-order valence-electron chi connectivity index (χ4n) is 1.65. The van der Waals surface area contributed by atoms with E-state index in [-0.39, 0.29) is 18.2 Å². The van der Waals surface area contributed by atoms with E-state index in [0.717, 1.165) is 0 Å². The molecule has 1 atom stereocenters. The average molecular weight is 232 g/mol. The van der Waals surface area contributed by atoms with Crippen molar-refractivity contribution in [3.63, 3.8) is 0 Å². The van der Waals surface area contributed by atoms with Gasteiger partial charge in [0.05, 0.1) is 18.0 Å². The van der Waals surface area contributed by atoms with Crippen molar-refractivity contribution >= 4 is 23.8 Å². The van der Waals surface area contributed by atoms with Gasteiger partial charge in [0.1, 0.15) is 0 Å². The molecule has 5 nitrogen and oxygen atoms in total. The van der Waals surface area contributed by atoms with Gasteiger partial charge in [-0.1, -0.05) is 12.1 Å². The van der Waals surface area contributed by atoms with Crippen LogP contribution in [0.3, 0.4) is 0 Å². The number of carbonyl (C=O) groups is 2. The van der Waals surface area contributed by atoms with Gasteiger partial charge < -0.3 is 5.11 Å². The fraction of sp³-hybridized carbons (Fsp3) is 0.250. The number of amides is 1. The van der Waals surface area contributed by atoms with Gasteiger partial charge in [0.2, 0.25) is 0 Å². The number of hydrogen-bond acceptors (Lipinski definition) is 3. The fourth-order valence-corrected chi connectivity index (χ4v) is 1.65. The molecule has 1 aromatic carbocycles. The van der Waals surface area contributed by atoms with Gasteiger partial charge in [-0.25, -0.2) is 5.01 Å². The van der Waals surface area contributed by atoms with Crippen molar-refractivity contribution in [1.82, 2.24) is 0 Å². The summed E-state index contributed by atoms with van der Waals surface area (Å²) in [6, 6.07) is 6.84. The van der Waals surface area contributed by atoms with E-state index in [2.05, 4.69) is 5.10 Å². The number of nitrogens with zero attached hydrogens (tertiary/aromatic N) is 2. The molecule has 1 aliphatic rings. The van der Waals surface area contributed by atoms with E-state index in [1.54, 1.807) is 37.4 Å². The molecule has 0 fully saturated rings. The van der Waals surface area contributed by atoms with Crippen LogP contribution in [0.15, 0.2) is 29.4 Å². The molecular formula is C12H12N2O3. The Morgan fingerprint density at radius 3 is 2.88 bits per heavy atom. The van der Waals surface area contributed by atoms with Gasteiger partial charge in [-0.2, -0.15) is 5.10 Å². The summed E-state index contributed by atoms with van der Waals surface area (Å²) in [4.78, 5) is 22.3. The molecule has 1 amide bonds. The molecule has 0 saturated carbocycles. The number of rotatable bonds is 3. The van der Waals surface area contributed by atoms with E-state index in [9.17, 15) is 9.59 Å². The molecule has 17 heavy (non-hydrogen) atoms. The summed E-state index contributed by atoms with van der Waals surface area (Å²) in [6.07, 6.45) is 1.52. The standard InChI is InChI=1S/C12H12N2O3/c1-8-7-13-14(12(8)17)10-4-2-3-9(5-10)6-11(15)16/h2-5,7-8H,6H2,1H3,(H,15,16). The summed E-state index contributed by atoms with van der Waals surface area (Å²) in [7, 11) is 0. The van der Waals surface area contributed by atoms with Crippen molar-refractivity contribution in [1.29, 1.82) is 0 Å². The topological polar surface area (TPSA) is 70.0 Å². The van der Waals surface area contributed by atoms with Gasteiger partial charge in [0.15, 0.2) is 0 Å². The van der Waals surface area contributed by atoms with Crippen molar-refractivity contribution in [2.45, 2.75) is 13.3 Å². The molecular weight excluding hydrogens is 220 g/mol. The van der Waals surface area contributed by atoms with Gasteiger partial charge >= 0.3 is 5.97 Å². The molecule has 5 heteroatoms. The van der Waals surface area contributed by atoms with E-state index in [0.29, 0.717) is 11.3 Å². The zero-order chi connectivity index (χ0) is 12.4. The summed E-state index contributed by atoms with van der Waals surface area (Å²) in [6.45, 7) is 1.77. The Bertz CT molecular complexity index is 496. The first kappa shape index (κ1) is 11.3. The quantitative estimate of drug-likeness (QED) is 0.853. The number of hydrazone groups is 1. The molecule has 0 bridgehead atoms. The van der Waals surface area contributed by atoms with Gasteiger partial charge in [-0.05, 0) is 24.6 Å². The van der Waals surface area contributed by atoms with E-state index < -0.39 is 5.97 Å². The van der Waals surface area contributed by atoms with Crippen LogP contribution in [-0.4, -0.2) is 23.2 Å². The molecule has 1 aliphatic heterocycles. The summed E-state index contributed by atoms with van der Waals surface area (Å²) in [5, 5.41) is 14.0. The van der Waals surface area contributed by atoms with E-state index in [1.807, 2.05) is 0 Å². The summed E-state index contributed by atoms with van der Waals surface area (Å²) < 4.78 is 0. The Kier molecular flexibility index (Phi) is 2.91. The monoisotopic (exact) mass is 232 g/mol. The third-order valence-electron chi connectivity index (χ3n) is 2.51. The maximum Gasteiger partial charge on any atom is 0.307 e. The Balaban J connectivity index is 2.25. The highest BCUT2D eigenvalue weighted by atomic mass is 16.4. The van der Waals surface area contributed by atoms with Crippen molar-refractivity contribution < 1.29 is 14.7 Å². The lowest BCUT2D eigenvalue weighted by atomic mass is 10.1. The second-order valence-corrected chi connectivity index (χ2v) is 3.94. The molecule has 2 rings (SSSR count). The number of carboxylic acids is 1. The largest absolute Gasteiger partial charge is 0.481 e. The van der Waals surface area contributed by atoms with Gasteiger partial charge in [-0.3, -0.25) is 9.59 Å². The normalized spacial score (nSPS) is 18.8. The number of benzene rings is 1.